The second-order valence-corrected chi connectivity index (χ2v) is 6.43. The molecule has 0 aliphatic carbocycles. The standard InChI is InChI=1S/C21H19N3O5/c1-2-15(22-11-13-8-9-16-17(10-13)29-12-28-16)18-19(25)23-21(27)24(20(18)26)14-6-4-3-5-7-14/h3-10,26H,2,11-12H2,1H3,(H,23,25,27). The van der Waals surface area contributed by atoms with Gasteiger partial charge in [-0.25, -0.2) is 9.36 Å². The molecule has 8 heteroatoms. The lowest BCUT2D eigenvalue weighted by atomic mass is 10.1. The molecular weight excluding hydrogens is 374 g/mol. The van der Waals surface area contributed by atoms with Crippen LogP contribution in [-0.4, -0.2) is 27.2 Å². The molecule has 2 heterocycles. The average Bonchev–Trinajstić information content (AvgIpc) is 3.18. The third kappa shape index (κ3) is 3.52. The Morgan fingerprint density at radius 2 is 1.90 bits per heavy atom. The first-order chi connectivity index (χ1) is 14.1. The number of ether oxygens (including phenoxy) is 2. The molecule has 2 aromatic carbocycles. The molecule has 0 fully saturated rings. The van der Waals surface area contributed by atoms with Gasteiger partial charge in [0.25, 0.3) is 5.56 Å². The normalized spacial score (nSPS) is 12.9. The fraction of sp³-hybridized carbons (Fsp3) is 0.190. The minimum Gasteiger partial charge on any atom is -0.493 e. The van der Waals surface area contributed by atoms with Crippen molar-refractivity contribution in [2.24, 2.45) is 4.99 Å². The van der Waals surface area contributed by atoms with Crippen LogP contribution in [0.5, 0.6) is 17.4 Å². The molecule has 148 valence electrons. The Bertz CT molecular complexity index is 1200. The van der Waals surface area contributed by atoms with E-state index < -0.39 is 17.1 Å². The quantitative estimate of drug-likeness (QED) is 0.648. The molecule has 29 heavy (non-hydrogen) atoms. The van der Waals surface area contributed by atoms with Crippen LogP contribution >= 0.6 is 0 Å². The summed E-state index contributed by atoms with van der Waals surface area (Å²) in [5.74, 6) is 0.891. The molecular formula is C21H19N3O5. The van der Waals surface area contributed by atoms with Gasteiger partial charge >= 0.3 is 5.69 Å². The Balaban J connectivity index is 1.75. The van der Waals surface area contributed by atoms with Crippen molar-refractivity contribution >= 4 is 5.71 Å². The van der Waals surface area contributed by atoms with Crippen LogP contribution in [0.3, 0.4) is 0 Å². The zero-order valence-corrected chi connectivity index (χ0v) is 15.7. The topological polar surface area (TPSA) is 106 Å². The molecule has 8 nitrogen and oxygen atoms in total. The van der Waals surface area contributed by atoms with Crippen molar-refractivity contribution in [2.45, 2.75) is 19.9 Å². The molecule has 4 rings (SSSR count). The number of benzene rings is 2. The van der Waals surface area contributed by atoms with E-state index in [1.807, 2.05) is 19.1 Å². The number of aliphatic imine (C=N–C) groups is 1. The summed E-state index contributed by atoms with van der Waals surface area (Å²) in [5, 5.41) is 10.8. The van der Waals surface area contributed by atoms with E-state index in [4.69, 9.17) is 9.47 Å². The number of aromatic hydroxyl groups is 1. The van der Waals surface area contributed by atoms with E-state index in [9.17, 15) is 14.7 Å². The molecule has 3 aromatic rings. The number of fused-ring (bicyclic) bond motifs is 1. The lowest BCUT2D eigenvalue weighted by molar-refractivity contribution is 0.174. The minimum atomic E-state index is -0.714. The number of aromatic amines is 1. The molecule has 0 atom stereocenters. The molecule has 1 aromatic heterocycles. The van der Waals surface area contributed by atoms with Crippen molar-refractivity contribution in [3.8, 4) is 23.1 Å². The first kappa shape index (κ1) is 18.5. The zero-order valence-electron chi connectivity index (χ0n) is 15.7. The van der Waals surface area contributed by atoms with Crippen LogP contribution in [0, 0.1) is 0 Å². The summed E-state index contributed by atoms with van der Waals surface area (Å²) in [7, 11) is 0. The summed E-state index contributed by atoms with van der Waals surface area (Å²) in [6.07, 6.45) is 0.397. The predicted octanol–water partition coefficient (Wildman–Crippen LogP) is 2.36. The van der Waals surface area contributed by atoms with E-state index >= 15 is 0 Å². The van der Waals surface area contributed by atoms with E-state index in [0.29, 0.717) is 29.3 Å². The molecule has 0 saturated carbocycles. The first-order valence-electron chi connectivity index (χ1n) is 9.14. The SMILES string of the molecule is CCC(=NCc1ccc2c(c1)OCO2)c1c(O)n(-c2ccccc2)c(=O)[nH]c1=O. The zero-order chi connectivity index (χ0) is 20.4. The van der Waals surface area contributed by atoms with Crippen LogP contribution in [0.15, 0.2) is 63.1 Å². The van der Waals surface area contributed by atoms with Gasteiger partial charge in [0, 0.05) is 0 Å². The highest BCUT2D eigenvalue weighted by atomic mass is 16.7. The summed E-state index contributed by atoms with van der Waals surface area (Å²) >= 11 is 0. The van der Waals surface area contributed by atoms with E-state index in [2.05, 4.69) is 9.98 Å². The highest BCUT2D eigenvalue weighted by Gasteiger charge is 2.19. The summed E-state index contributed by atoms with van der Waals surface area (Å²) in [4.78, 5) is 31.5. The molecule has 0 saturated heterocycles. The van der Waals surface area contributed by atoms with Crippen molar-refractivity contribution < 1.29 is 14.6 Å². The summed E-state index contributed by atoms with van der Waals surface area (Å²) in [6, 6.07) is 14.1. The van der Waals surface area contributed by atoms with Crippen molar-refractivity contribution in [3.05, 3.63) is 80.5 Å². The van der Waals surface area contributed by atoms with E-state index in [1.54, 1.807) is 36.4 Å². The van der Waals surface area contributed by atoms with Crippen LogP contribution < -0.4 is 20.7 Å². The number of nitrogens with one attached hydrogen (secondary N) is 1. The summed E-state index contributed by atoms with van der Waals surface area (Å²) < 4.78 is 11.7. The first-order valence-corrected chi connectivity index (χ1v) is 9.14. The number of para-hydroxylation sites is 1. The summed E-state index contributed by atoms with van der Waals surface area (Å²) in [5.41, 5.74) is 0.300. The molecule has 2 N–H and O–H groups in total. The number of aromatic nitrogens is 2. The van der Waals surface area contributed by atoms with Gasteiger partial charge in [-0.2, -0.15) is 0 Å². The van der Waals surface area contributed by atoms with Crippen molar-refractivity contribution in [3.63, 3.8) is 0 Å². The highest BCUT2D eigenvalue weighted by Crippen LogP contribution is 2.32. The van der Waals surface area contributed by atoms with Crippen molar-refractivity contribution in [1.29, 1.82) is 0 Å². The van der Waals surface area contributed by atoms with Gasteiger partial charge in [-0.1, -0.05) is 31.2 Å². The highest BCUT2D eigenvalue weighted by molar-refractivity contribution is 6.02. The van der Waals surface area contributed by atoms with Crippen LogP contribution in [0.25, 0.3) is 5.69 Å². The van der Waals surface area contributed by atoms with Gasteiger partial charge in [0.2, 0.25) is 12.7 Å². The molecule has 0 unspecified atom stereocenters. The predicted molar refractivity (Wildman–Crippen MR) is 107 cm³/mol. The van der Waals surface area contributed by atoms with E-state index in [1.165, 1.54) is 0 Å². The largest absolute Gasteiger partial charge is 0.493 e. The van der Waals surface area contributed by atoms with E-state index in [-0.39, 0.29) is 18.9 Å². The number of hydrogen-bond donors (Lipinski definition) is 2. The van der Waals surface area contributed by atoms with Crippen LogP contribution in [-0.2, 0) is 6.54 Å². The number of hydrogen-bond acceptors (Lipinski definition) is 6. The lowest BCUT2D eigenvalue weighted by Gasteiger charge is -2.12. The fourth-order valence-corrected chi connectivity index (χ4v) is 3.20. The van der Waals surface area contributed by atoms with Gasteiger partial charge in [-0.3, -0.25) is 14.8 Å². The Hall–Kier alpha value is -3.81. The average molecular weight is 393 g/mol. The molecule has 0 spiro atoms. The smallest absolute Gasteiger partial charge is 0.335 e. The Morgan fingerprint density at radius 3 is 2.66 bits per heavy atom. The molecule has 0 bridgehead atoms. The maximum absolute atomic E-state index is 12.5. The van der Waals surface area contributed by atoms with Crippen LogP contribution in [0.2, 0.25) is 0 Å². The van der Waals surface area contributed by atoms with Gasteiger partial charge in [-0.05, 0) is 36.2 Å². The third-order valence-electron chi connectivity index (χ3n) is 4.61. The van der Waals surface area contributed by atoms with Gasteiger partial charge in [0.15, 0.2) is 11.5 Å². The van der Waals surface area contributed by atoms with Gasteiger partial charge in [0.05, 0.1) is 17.9 Å². The van der Waals surface area contributed by atoms with Crippen molar-refractivity contribution in [1.82, 2.24) is 9.55 Å². The van der Waals surface area contributed by atoms with E-state index in [0.717, 1.165) is 10.1 Å². The Labute approximate surface area is 165 Å². The second-order valence-electron chi connectivity index (χ2n) is 6.43. The fourth-order valence-electron chi connectivity index (χ4n) is 3.20. The third-order valence-corrected chi connectivity index (χ3v) is 4.61. The van der Waals surface area contributed by atoms with Crippen molar-refractivity contribution in [2.75, 3.05) is 6.79 Å². The Kier molecular flexibility index (Phi) is 4.90. The van der Waals surface area contributed by atoms with Gasteiger partial charge in [-0.15, -0.1) is 0 Å². The Morgan fingerprint density at radius 1 is 1.14 bits per heavy atom. The number of rotatable bonds is 5. The number of nitrogens with zero attached hydrogens (tertiary/aromatic N) is 2. The molecule has 1 aliphatic rings. The number of H-pyrrole nitrogens is 1. The lowest BCUT2D eigenvalue weighted by Crippen LogP contribution is -2.33. The molecule has 0 radical (unpaired) electrons. The molecule has 1 aliphatic heterocycles. The molecule has 0 amide bonds. The maximum Gasteiger partial charge on any atom is 0.335 e. The minimum absolute atomic E-state index is 0.0169. The van der Waals surface area contributed by atoms with Crippen LogP contribution in [0.1, 0.15) is 24.5 Å². The van der Waals surface area contributed by atoms with Gasteiger partial charge in [0.1, 0.15) is 5.56 Å². The monoisotopic (exact) mass is 393 g/mol. The summed E-state index contributed by atoms with van der Waals surface area (Å²) in [6.45, 7) is 2.30. The van der Waals surface area contributed by atoms with Crippen LogP contribution in [0.4, 0.5) is 0 Å². The maximum atomic E-state index is 12.5. The second kappa shape index (κ2) is 7.67. The van der Waals surface area contributed by atoms with Gasteiger partial charge < -0.3 is 14.6 Å².